The van der Waals surface area contributed by atoms with Gasteiger partial charge in [-0.3, -0.25) is 14.6 Å². The van der Waals surface area contributed by atoms with Gasteiger partial charge < -0.3 is 24.8 Å². The Hall–Kier alpha value is -4.38. The minimum Gasteiger partial charge on any atom is -0.493 e. The van der Waals surface area contributed by atoms with Crippen LogP contribution in [-0.2, 0) is 9.59 Å². The van der Waals surface area contributed by atoms with Crippen LogP contribution >= 0.6 is 12.6 Å². The van der Waals surface area contributed by atoms with Crippen LogP contribution in [0.15, 0.2) is 66.9 Å². The first-order chi connectivity index (χ1) is 21.8. The zero-order chi connectivity index (χ0) is 31.8. The number of carbonyl (C=O) groups excluding carboxylic acids is 2. The van der Waals surface area contributed by atoms with Crippen LogP contribution in [0.25, 0.3) is 10.9 Å². The van der Waals surface area contributed by atoms with Crippen molar-refractivity contribution >= 4 is 46.7 Å². The van der Waals surface area contributed by atoms with Gasteiger partial charge in [0.25, 0.3) is 0 Å². The average molecular weight is 636 g/mol. The first kappa shape index (κ1) is 32.0. The number of thiol groups is 1. The molecule has 0 spiro atoms. The summed E-state index contributed by atoms with van der Waals surface area (Å²) in [5.41, 5.74) is -0.126. The number of aromatic nitrogens is 1. The summed E-state index contributed by atoms with van der Waals surface area (Å²) in [6.07, 6.45) is 7.66. The lowest BCUT2D eigenvalue weighted by Crippen LogP contribution is -2.35. The van der Waals surface area contributed by atoms with E-state index >= 15 is 4.39 Å². The zero-order valence-corrected chi connectivity index (χ0v) is 25.8. The molecule has 1 fully saturated rings. The molecule has 45 heavy (non-hydrogen) atoms. The third-order valence-electron chi connectivity index (χ3n) is 7.68. The summed E-state index contributed by atoms with van der Waals surface area (Å²) >= 11 is 4.24. The second kappa shape index (κ2) is 14.6. The van der Waals surface area contributed by atoms with Crippen LogP contribution < -0.4 is 24.8 Å². The summed E-state index contributed by atoms with van der Waals surface area (Å²) in [4.78, 5) is 30.3. The number of hydrogen-bond acceptors (Lipinski definition) is 7. The molecule has 0 radical (unpaired) electrons. The van der Waals surface area contributed by atoms with Crippen molar-refractivity contribution in [1.29, 1.82) is 0 Å². The molecule has 0 bridgehead atoms. The summed E-state index contributed by atoms with van der Waals surface area (Å²) < 4.78 is 45.9. The molecular formula is C34H35F2N3O5S. The van der Waals surface area contributed by atoms with E-state index in [2.05, 4.69) is 28.2 Å². The third-order valence-corrected chi connectivity index (χ3v) is 7.99. The van der Waals surface area contributed by atoms with Crippen molar-refractivity contribution in [1.82, 2.24) is 4.98 Å². The summed E-state index contributed by atoms with van der Waals surface area (Å²) in [5.74, 6) is 0.0849. The minimum atomic E-state index is -1.27. The molecular weight excluding hydrogens is 600 g/mol. The maximum absolute atomic E-state index is 15.2. The van der Waals surface area contributed by atoms with E-state index in [1.807, 2.05) is 0 Å². The monoisotopic (exact) mass is 635 g/mol. The number of pyridine rings is 1. The van der Waals surface area contributed by atoms with Crippen molar-refractivity contribution in [2.24, 2.45) is 5.41 Å². The van der Waals surface area contributed by atoms with Crippen LogP contribution in [-0.4, -0.2) is 36.3 Å². The maximum Gasteiger partial charge on any atom is 0.240 e. The van der Waals surface area contributed by atoms with Gasteiger partial charge in [-0.1, -0.05) is 19.3 Å². The van der Waals surface area contributed by atoms with Crippen molar-refractivity contribution in [3.8, 4) is 23.0 Å². The predicted molar refractivity (Wildman–Crippen MR) is 173 cm³/mol. The van der Waals surface area contributed by atoms with Gasteiger partial charge in [0.2, 0.25) is 11.8 Å². The van der Waals surface area contributed by atoms with Gasteiger partial charge in [0.05, 0.1) is 19.2 Å². The van der Waals surface area contributed by atoms with Crippen LogP contribution in [0.5, 0.6) is 23.0 Å². The Morgan fingerprint density at radius 3 is 2.20 bits per heavy atom. The third kappa shape index (κ3) is 7.83. The molecule has 2 N–H and O–H groups in total. The summed E-state index contributed by atoms with van der Waals surface area (Å²) in [6.45, 7) is 0.549. The van der Waals surface area contributed by atoms with E-state index < -0.39 is 28.9 Å². The van der Waals surface area contributed by atoms with Gasteiger partial charge in [-0.25, -0.2) is 8.78 Å². The molecule has 0 aliphatic heterocycles. The number of amides is 2. The molecule has 2 amide bonds. The maximum atomic E-state index is 15.2. The van der Waals surface area contributed by atoms with Gasteiger partial charge in [-0.2, -0.15) is 12.6 Å². The number of fused-ring (bicyclic) bond motifs is 1. The van der Waals surface area contributed by atoms with Crippen LogP contribution in [0.4, 0.5) is 20.2 Å². The lowest BCUT2D eigenvalue weighted by atomic mass is 10.0. The summed E-state index contributed by atoms with van der Waals surface area (Å²) in [7, 11) is 1.55. The van der Waals surface area contributed by atoms with Crippen molar-refractivity contribution in [2.75, 3.05) is 30.1 Å². The summed E-state index contributed by atoms with van der Waals surface area (Å²) in [6, 6.07) is 14.4. The molecule has 0 atom stereocenters. The molecule has 1 saturated carbocycles. The highest BCUT2D eigenvalue weighted by Crippen LogP contribution is 2.47. The topological polar surface area (TPSA) is 98.8 Å². The second-order valence-corrected chi connectivity index (χ2v) is 11.4. The van der Waals surface area contributed by atoms with Crippen LogP contribution in [0.1, 0.15) is 44.9 Å². The van der Waals surface area contributed by atoms with E-state index in [0.29, 0.717) is 53.3 Å². The number of nitrogens with one attached hydrogen (secondary N) is 2. The molecule has 1 aliphatic carbocycles. The quantitative estimate of drug-likeness (QED) is 0.0697. The zero-order valence-electron chi connectivity index (χ0n) is 24.9. The SMILES string of the molecule is COc1cc2c(Oc3ccc(NC(=O)C4(C(=O)Nc5ccc(F)cc5)CC4)cc3F)ccnc2cc1OCCCCCCCS. The number of ether oxygens (including phenoxy) is 3. The lowest BCUT2D eigenvalue weighted by Gasteiger charge is -2.16. The van der Waals surface area contributed by atoms with E-state index in [1.54, 1.807) is 31.5 Å². The molecule has 1 aromatic heterocycles. The van der Waals surface area contributed by atoms with Crippen molar-refractivity contribution in [2.45, 2.75) is 44.9 Å². The number of carbonyl (C=O) groups is 2. The van der Waals surface area contributed by atoms with Crippen LogP contribution in [0.2, 0.25) is 0 Å². The standard InChI is InChI=1S/C34H35F2N3O5S/c1-42-30-20-25-27(21-31(30)43-17-5-3-2-4-6-18-45)37-16-13-28(25)44-29-12-11-24(19-26(29)36)39-33(41)34(14-15-34)32(40)38-23-9-7-22(35)8-10-23/h7-13,16,19-21,45H,2-6,14-15,17-18H2,1H3,(H,38,40)(H,39,41). The van der Waals surface area contributed by atoms with Crippen molar-refractivity contribution in [3.05, 3.63) is 78.5 Å². The smallest absolute Gasteiger partial charge is 0.240 e. The Kier molecular flexibility index (Phi) is 10.4. The van der Waals surface area contributed by atoms with E-state index in [0.717, 1.165) is 43.9 Å². The molecule has 236 valence electrons. The van der Waals surface area contributed by atoms with Gasteiger partial charge in [-0.15, -0.1) is 0 Å². The number of hydrogen-bond donors (Lipinski definition) is 3. The van der Waals surface area contributed by atoms with Gasteiger partial charge >= 0.3 is 0 Å². The van der Waals surface area contributed by atoms with E-state index in [9.17, 15) is 14.0 Å². The van der Waals surface area contributed by atoms with Gasteiger partial charge in [0, 0.05) is 35.1 Å². The Morgan fingerprint density at radius 1 is 0.822 bits per heavy atom. The first-order valence-corrected chi connectivity index (χ1v) is 15.5. The van der Waals surface area contributed by atoms with E-state index in [4.69, 9.17) is 14.2 Å². The van der Waals surface area contributed by atoms with Crippen molar-refractivity contribution in [3.63, 3.8) is 0 Å². The number of nitrogens with zero attached hydrogens (tertiary/aromatic N) is 1. The number of methoxy groups -OCH3 is 1. The van der Waals surface area contributed by atoms with E-state index in [1.165, 1.54) is 36.4 Å². The molecule has 0 unspecified atom stereocenters. The Morgan fingerprint density at radius 2 is 1.51 bits per heavy atom. The number of halogens is 2. The Bertz CT molecular complexity index is 1660. The Labute approximate surface area is 265 Å². The molecule has 0 saturated heterocycles. The van der Waals surface area contributed by atoms with Crippen LogP contribution in [0, 0.1) is 17.0 Å². The molecule has 8 nitrogen and oxygen atoms in total. The molecule has 11 heteroatoms. The molecule has 1 aliphatic rings. The fourth-order valence-corrected chi connectivity index (χ4v) is 5.14. The minimum absolute atomic E-state index is 0.0621. The number of benzene rings is 3. The molecule has 3 aromatic carbocycles. The van der Waals surface area contributed by atoms with Gasteiger partial charge in [0.15, 0.2) is 23.1 Å². The molecule has 4 aromatic rings. The fourth-order valence-electron chi connectivity index (χ4n) is 4.91. The highest BCUT2D eigenvalue weighted by molar-refractivity contribution is 7.80. The van der Waals surface area contributed by atoms with Crippen LogP contribution in [0.3, 0.4) is 0 Å². The van der Waals surface area contributed by atoms with Gasteiger partial charge in [0.1, 0.15) is 17.0 Å². The first-order valence-electron chi connectivity index (χ1n) is 14.9. The van der Waals surface area contributed by atoms with Crippen molar-refractivity contribution < 1.29 is 32.6 Å². The highest BCUT2D eigenvalue weighted by atomic mass is 32.1. The Balaban J connectivity index is 1.23. The van der Waals surface area contributed by atoms with E-state index in [-0.39, 0.29) is 11.4 Å². The number of unbranched alkanes of at least 4 members (excludes halogenated alkanes) is 4. The molecule has 5 rings (SSSR count). The molecule has 1 heterocycles. The lowest BCUT2D eigenvalue weighted by molar-refractivity contribution is -0.131. The number of rotatable bonds is 15. The summed E-state index contributed by atoms with van der Waals surface area (Å²) in [5, 5.41) is 5.89. The highest BCUT2D eigenvalue weighted by Gasteiger charge is 2.56. The number of anilines is 2. The average Bonchev–Trinajstić information content (AvgIpc) is 3.85. The van der Waals surface area contributed by atoms with Gasteiger partial charge in [-0.05, 0) is 80.0 Å². The largest absolute Gasteiger partial charge is 0.493 e. The second-order valence-electron chi connectivity index (χ2n) is 10.9. The fraction of sp³-hybridized carbons (Fsp3) is 0.324. The normalized spacial score (nSPS) is 13.2. The predicted octanol–water partition coefficient (Wildman–Crippen LogP) is 7.93.